The second kappa shape index (κ2) is 1.35. The van der Waals surface area contributed by atoms with Crippen molar-refractivity contribution in [2.24, 2.45) is 5.92 Å². The lowest BCUT2D eigenvalue weighted by Crippen LogP contribution is -2.07. The van der Waals surface area contributed by atoms with Crippen molar-refractivity contribution in [3.63, 3.8) is 0 Å². The van der Waals surface area contributed by atoms with Crippen LogP contribution in [0.4, 0.5) is 0 Å². The monoisotopic (exact) mass is 209 g/mol. The highest BCUT2D eigenvalue weighted by Gasteiger charge is 2.45. The van der Waals surface area contributed by atoms with Crippen LogP contribution >= 0.6 is 22.9 Å². The van der Waals surface area contributed by atoms with Crippen LogP contribution in [-0.2, 0) is 0 Å². The summed E-state index contributed by atoms with van der Waals surface area (Å²) < 4.78 is 2.45. The number of hydrogen-bond donors (Lipinski definition) is 0. The van der Waals surface area contributed by atoms with E-state index in [0.29, 0.717) is 0 Å². The summed E-state index contributed by atoms with van der Waals surface area (Å²) in [5.41, 5.74) is 0. The molecule has 40 valence electrons. The van der Waals surface area contributed by atoms with Crippen molar-refractivity contribution < 1.29 is 0 Å². The SMILES string of the molecule is IN1CCC2CC21. The molecule has 2 fully saturated rings. The molecule has 0 aromatic heterocycles. The molecule has 2 heteroatoms. The zero-order valence-corrected chi connectivity index (χ0v) is 6.26. The molecule has 2 atom stereocenters. The normalized spacial score (nSPS) is 49.3. The molecule has 2 unspecified atom stereocenters. The lowest BCUT2D eigenvalue weighted by atomic mass is 10.3. The van der Waals surface area contributed by atoms with E-state index in [4.69, 9.17) is 0 Å². The number of nitrogens with zero attached hydrogens (tertiary/aromatic N) is 1. The van der Waals surface area contributed by atoms with Gasteiger partial charge >= 0.3 is 0 Å². The standard InChI is InChI=1S/C5H8IN/c6-7-2-1-4-3-5(4)7/h4-5H,1-3H2. The minimum atomic E-state index is 1.00. The van der Waals surface area contributed by atoms with E-state index in [1.807, 2.05) is 0 Å². The lowest BCUT2D eigenvalue weighted by Gasteiger charge is -2.03. The second-order valence-corrected chi connectivity index (χ2v) is 3.71. The van der Waals surface area contributed by atoms with Crippen LogP contribution in [0.5, 0.6) is 0 Å². The van der Waals surface area contributed by atoms with Gasteiger partial charge in [0.2, 0.25) is 0 Å². The highest BCUT2D eigenvalue weighted by atomic mass is 127. The maximum Gasteiger partial charge on any atom is 0.0226 e. The predicted molar refractivity (Wildman–Crippen MR) is 37.2 cm³/mol. The minimum Gasteiger partial charge on any atom is -0.244 e. The molecule has 0 amide bonds. The van der Waals surface area contributed by atoms with Gasteiger partial charge in [-0.3, -0.25) is 0 Å². The Morgan fingerprint density at radius 2 is 2.43 bits per heavy atom. The predicted octanol–water partition coefficient (Wildman–Crippen LogP) is 1.43. The van der Waals surface area contributed by atoms with E-state index in [-0.39, 0.29) is 0 Å². The molecule has 1 aliphatic heterocycles. The molecule has 1 aliphatic carbocycles. The van der Waals surface area contributed by atoms with Crippen LogP contribution < -0.4 is 0 Å². The summed E-state index contributed by atoms with van der Waals surface area (Å²) in [6, 6.07) is 1.00. The number of hydrogen-bond acceptors (Lipinski definition) is 1. The number of piperidine rings is 1. The Labute approximate surface area is 57.6 Å². The highest BCUT2D eigenvalue weighted by Crippen LogP contribution is 2.45. The molecule has 0 radical (unpaired) electrons. The summed E-state index contributed by atoms with van der Waals surface area (Å²) >= 11 is 2.43. The molecule has 0 aromatic rings. The maximum atomic E-state index is 2.45. The maximum absolute atomic E-state index is 2.45. The largest absolute Gasteiger partial charge is 0.244 e. The number of fused-ring (bicyclic) bond motifs is 1. The molecule has 1 nitrogen and oxygen atoms in total. The van der Waals surface area contributed by atoms with Crippen molar-refractivity contribution in [2.45, 2.75) is 18.9 Å². The van der Waals surface area contributed by atoms with Gasteiger partial charge in [0, 0.05) is 35.5 Å². The van der Waals surface area contributed by atoms with E-state index in [0.717, 1.165) is 12.0 Å². The fourth-order valence-corrected chi connectivity index (χ4v) is 2.30. The zero-order chi connectivity index (χ0) is 4.85. The van der Waals surface area contributed by atoms with E-state index >= 15 is 0 Å². The molecule has 1 saturated carbocycles. The van der Waals surface area contributed by atoms with E-state index < -0.39 is 0 Å². The van der Waals surface area contributed by atoms with Gasteiger partial charge in [-0.05, 0) is 18.8 Å². The molecule has 0 bridgehead atoms. The van der Waals surface area contributed by atoms with Gasteiger partial charge in [0.1, 0.15) is 0 Å². The molecule has 1 saturated heterocycles. The van der Waals surface area contributed by atoms with Crippen LogP contribution in [0.2, 0.25) is 0 Å². The van der Waals surface area contributed by atoms with E-state index in [2.05, 4.69) is 26.0 Å². The molecule has 0 spiro atoms. The van der Waals surface area contributed by atoms with Crippen molar-refractivity contribution in [2.75, 3.05) is 6.54 Å². The molecule has 1 heterocycles. The molecule has 0 N–H and O–H groups in total. The number of halogens is 1. The number of rotatable bonds is 0. The van der Waals surface area contributed by atoms with Gasteiger partial charge in [0.25, 0.3) is 0 Å². The second-order valence-electron chi connectivity index (χ2n) is 2.48. The lowest BCUT2D eigenvalue weighted by molar-refractivity contribution is 0.563. The van der Waals surface area contributed by atoms with Crippen LogP contribution in [0.3, 0.4) is 0 Å². The highest BCUT2D eigenvalue weighted by molar-refractivity contribution is 14.1. The smallest absolute Gasteiger partial charge is 0.0226 e. The summed E-state index contributed by atoms with van der Waals surface area (Å²) in [6.07, 6.45) is 2.95. The summed E-state index contributed by atoms with van der Waals surface area (Å²) in [7, 11) is 0. The summed E-state index contributed by atoms with van der Waals surface area (Å²) in [5.74, 6) is 1.11. The summed E-state index contributed by atoms with van der Waals surface area (Å²) in [4.78, 5) is 0. The van der Waals surface area contributed by atoms with Gasteiger partial charge in [-0.1, -0.05) is 0 Å². The fourth-order valence-electron chi connectivity index (χ4n) is 1.34. The minimum absolute atomic E-state index is 1.00. The Hall–Kier alpha value is 0.690. The van der Waals surface area contributed by atoms with Gasteiger partial charge in [0.05, 0.1) is 0 Å². The first-order valence-electron chi connectivity index (χ1n) is 2.80. The van der Waals surface area contributed by atoms with Crippen molar-refractivity contribution in [3.8, 4) is 0 Å². The third-order valence-electron chi connectivity index (χ3n) is 1.96. The molecule has 0 aromatic carbocycles. The average molecular weight is 209 g/mol. The zero-order valence-electron chi connectivity index (χ0n) is 4.10. The van der Waals surface area contributed by atoms with Gasteiger partial charge in [0.15, 0.2) is 0 Å². The summed E-state index contributed by atoms with van der Waals surface area (Å²) in [6.45, 7) is 1.34. The fraction of sp³-hybridized carbons (Fsp3) is 1.00. The Morgan fingerprint density at radius 1 is 1.57 bits per heavy atom. The molecule has 7 heavy (non-hydrogen) atoms. The quantitative estimate of drug-likeness (QED) is 0.431. The van der Waals surface area contributed by atoms with Crippen molar-refractivity contribution >= 4 is 22.9 Å². The molecule has 2 aliphatic rings. The average Bonchev–Trinajstić information content (AvgIpc) is 2.33. The van der Waals surface area contributed by atoms with E-state index in [1.54, 1.807) is 0 Å². The van der Waals surface area contributed by atoms with Gasteiger partial charge in [-0.2, -0.15) is 0 Å². The van der Waals surface area contributed by atoms with Crippen LogP contribution in [0.25, 0.3) is 0 Å². The molecule has 2 rings (SSSR count). The Balaban J connectivity index is 2.08. The summed E-state index contributed by atoms with van der Waals surface area (Å²) in [5, 5.41) is 0. The van der Waals surface area contributed by atoms with Crippen molar-refractivity contribution in [3.05, 3.63) is 0 Å². The van der Waals surface area contributed by atoms with Gasteiger partial charge in [-0.25, -0.2) is 3.11 Å². The van der Waals surface area contributed by atoms with Gasteiger partial charge in [-0.15, -0.1) is 0 Å². The first-order valence-corrected chi connectivity index (χ1v) is 3.77. The van der Waals surface area contributed by atoms with Crippen molar-refractivity contribution in [1.82, 2.24) is 3.11 Å². The van der Waals surface area contributed by atoms with Crippen LogP contribution in [0.15, 0.2) is 0 Å². The van der Waals surface area contributed by atoms with E-state index in [9.17, 15) is 0 Å². The Morgan fingerprint density at radius 3 is 2.57 bits per heavy atom. The van der Waals surface area contributed by atoms with Crippen LogP contribution in [-0.4, -0.2) is 15.7 Å². The molecular weight excluding hydrogens is 201 g/mol. The van der Waals surface area contributed by atoms with Crippen molar-refractivity contribution in [1.29, 1.82) is 0 Å². The van der Waals surface area contributed by atoms with E-state index in [1.165, 1.54) is 19.4 Å². The molecular formula is C5H8IN. The van der Waals surface area contributed by atoms with Gasteiger partial charge < -0.3 is 0 Å². The Bertz CT molecular complexity index is 94.1. The third-order valence-corrected chi connectivity index (χ3v) is 3.16. The third kappa shape index (κ3) is 0.598. The Kier molecular flexibility index (Phi) is 0.876. The first-order chi connectivity index (χ1) is 3.38. The topological polar surface area (TPSA) is 3.24 Å². The van der Waals surface area contributed by atoms with Crippen LogP contribution in [0.1, 0.15) is 12.8 Å². The first kappa shape index (κ1) is 4.56. The van der Waals surface area contributed by atoms with Crippen LogP contribution in [0, 0.1) is 5.92 Å².